The minimum absolute atomic E-state index is 0.103. The number of aromatic nitrogens is 2. The first-order valence-electron chi connectivity index (χ1n) is 12.7. The van der Waals surface area contributed by atoms with Crippen molar-refractivity contribution in [3.05, 3.63) is 82.9 Å². The number of pyridine rings is 2. The van der Waals surface area contributed by atoms with E-state index < -0.39 is 5.41 Å². The number of carbonyl (C=O) groups excluding carboxylic acids is 2. The monoisotopic (exact) mass is 528 g/mol. The second-order valence-electron chi connectivity index (χ2n) is 9.90. The highest BCUT2D eigenvalue weighted by Gasteiger charge is 2.54. The summed E-state index contributed by atoms with van der Waals surface area (Å²) in [6.45, 7) is 3.70. The number of Topliss-reactive ketones (excluding diaryl/α,β-unsaturated/α-hetero) is 2. The number of ether oxygens (including phenoxy) is 3. The molecule has 0 aliphatic heterocycles. The normalized spacial score (nSPS) is 13.7. The molecule has 0 unspecified atom stereocenters. The molecule has 0 atom stereocenters. The van der Waals surface area contributed by atoms with Gasteiger partial charge in [0.1, 0.15) is 11.6 Å². The van der Waals surface area contributed by atoms with Crippen molar-refractivity contribution in [2.45, 2.75) is 39.5 Å². The molecule has 7 nitrogen and oxygen atoms in total. The number of hydrogen-bond acceptors (Lipinski definition) is 7. The van der Waals surface area contributed by atoms with Gasteiger partial charge in [0.25, 0.3) is 0 Å². The number of benzene rings is 2. The fourth-order valence-corrected chi connectivity index (χ4v) is 4.80. The van der Waals surface area contributed by atoms with Crippen molar-refractivity contribution in [3.63, 3.8) is 0 Å². The average molecular weight is 529 g/mol. The molecule has 2 heterocycles. The van der Waals surface area contributed by atoms with Crippen LogP contribution in [0, 0.1) is 25.1 Å². The van der Waals surface area contributed by atoms with Crippen LogP contribution in [0.1, 0.15) is 35.2 Å². The fraction of sp³-hybridized carbons (Fsp3) is 0.290. The molecule has 0 amide bonds. The Hall–Kier alpha value is -4.33. The Morgan fingerprint density at radius 1 is 0.897 bits per heavy atom. The number of nitrogens with zero attached hydrogens (tertiary/aromatic N) is 2. The Kier molecular flexibility index (Phi) is 7.04. The Balaban J connectivity index is 1.35. The van der Waals surface area contributed by atoms with Gasteiger partial charge in [0, 0.05) is 41.7 Å². The van der Waals surface area contributed by atoms with Crippen molar-refractivity contribution < 1.29 is 28.2 Å². The molecule has 1 saturated carbocycles. The average Bonchev–Trinajstić information content (AvgIpc) is 3.74. The molecular formula is C31H29FN2O5. The Bertz CT molecular complexity index is 1580. The van der Waals surface area contributed by atoms with Gasteiger partial charge in [-0.15, -0.1) is 0 Å². The number of aryl methyl sites for hydroxylation is 2. The van der Waals surface area contributed by atoms with E-state index in [0.717, 1.165) is 16.5 Å². The van der Waals surface area contributed by atoms with Gasteiger partial charge in [0.05, 0.1) is 25.2 Å². The Morgan fingerprint density at radius 3 is 2.23 bits per heavy atom. The van der Waals surface area contributed by atoms with Gasteiger partial charge in [-0.05, 0) is 68.1 Å². The van der Waals surface area contributed by atoms with Gasteiger partial charge < -0.3 is 14.2 Å². The Morgan fingerprint density at radius 2 is 1.56 bits per heavy atom. The van der Waals surface area contributed by atoms with Crippen molar-refractivity contribution in [2.24, 2.45) is 5.41 Å². The van der Waals surface area contributed by atoms with Gasteiger partial charge in [-0.3, -0.25) is 14.6 Å². The second-order valence-corrected chi connectivity index (χ2v) is 9.90. The molecular weight excluding hydrogens is 499 g/mol. The minimum Gasteiger partial charge on any atom is -0.493 e. The van der Waals surface area contributed by atoms with E-state index >= 15 is 0 Å². The van der Waals surface area contributed by atoms with Crippen molar-refractivity contribution in [3.8, 4) is 23.1 Å². The first-order chi connectivity index (χ1) is 18.7. The number of hydrogen-bond donors (Lipinski definition) is 0. The van der Waals surface area contributed by atoms with E-state index in [4.69, 9.17) is 14.2 Å². The smallest absolute Gasteiger partial charge is 0.222 e. The quantitative estimate of drug-likeness (QED) is 0.237. The lowest BCUT2D eigenvalue weighted by molar-refractivity contribution is -0.133. The van der Waals surface area contributed by atoms with E-state index in [1.54, 1.807) is 44.7 Å². The van der Waals surface area contributed by atoms with Crippen molar-refractivity contribution >= 4 is 22.5 Å². The zero-order valence-electron chi connectivity index (χ0n) is 22.3. The highest BCUT2D eigenvalue weighted by molar-refractivity contribution is 6.11. The highest BCUT2D eigenvalue weighted by atomic mass is 19.1. The van der Waals surface area contributed by atoms with Crippen LogP contribution in [-0.2, 0) is 22.4 Å². The number of methoxy groups -OCH3 is 2. The third kappa shape index (κ3) is 5.19. The molecule has 4 aromatic rings. The van der Waals surface area contributed by atoms with E-state index in [1.165, 1.54) is 12.1 Å². The number of carbonyl (C=O) groups is 2. The van der Waals surface area contributed by atoms with E-state index in [-0.39, 0.29) is 30.2 Å². The molecule has 0 spiro atoms. The Labute approximate surface area is 226 Å². The van der Waals surface area contributed by atoms with E-state index in [2.05, 4.69) is 9.97 Å². The number of rotatable bonds is 10. The lowest BCUT2D eigenvalue weighted by Crippen LogP contribution is -2.29. The third-order valence-corrected chi connectivity index (χ3v) is 7.32. The van der Waals surface area contributed by atoms with Crippen LogP contribution in [0.3, 0.4) is 0 Å². The van der Waals surface area contributed by atoms with Gasteiger partial charge >= 0.3 is 0 Å². The fourth-order valence-electron chi connectivity index (χ4n) is 4.80. The summed E-state index contributed by atoms with van der Waals surface area (Å²) in [5.41, 5.74) is 2.61. The zero-order valence-corrected chi connectivity index (χ0v) is 22.3. The number of ketones is 2. The van der Waals surface area contributed by atoms with Gasteiger partial charge in [-0.2, -0.15) is 0 Å². The second kappa shape index (κ2) is 10.4. The van der Waals surface area contributed by atoms with Crippen LogP contribution >= 0.6 is 0 Å². The summed E-state index contributed by atoms with van der Waals surface area (Å²) in [5.74, 6) is 1.53. The standard InChI is InChI=1S/C31H29FN2O5/c1-18-13-21(15-29(36)31(10-11-31)28(35)14-20-5-7-22(32)8-6-20)19(2)34-30(18)39-25-9-12-33-24-17-27(38-4)26(37-3)16-23(24)25/h5-9,12-13,16-17H,10-11,14-15H2,1-4H3. The summed E-state index contributed by atoms with van der Waals surface area (Å²) in [7, 11) is 3.14. The van der Waals surface area contributed by atoms with Crippen molar-refractivity contribution in [1.29, 1.82) is 0 Å². The molecule has 0 bridgehead atoms. The van der Waals surface area contributed by atoms with Crippen LogP contribution in [0.25, 0.3) is 10.9 Å². The molecule has 0 radical (unpaired) electrons. The molecule has 2 aromatic carbocycles. The third-order valence-electron chi connectivity index (χ3n) is 7.32. The molecule has 2 aromatic heterocycles. The predicted molar refractivity (Wildman–Crippen MR) is 144 cm³/mol. The van der Waals surface area contributed by atoms with Gasteiger partial charge in [0.2, 0.25) is 5.88 Å². The van der Waals surface area contributed by atoms with Crippen LogP contribution < -0.4 is 14.2 Å². The summed E-state index contributed by atoms with van der Waals surface area (Å²) in [6.07, 6.45) is 2.97. The number of halogens is 1. The van der Waals surface area contributed by atoms with Crippen LogP contribution in [0.2, 0.25) is 0 Å². The van der Waals surface area contributed by atoms with Gasteiger partial charge in [-0.25, -0.2) is 9.37 Å². The first-order valence-corrected chi connectivity index (χ1v) is 12.7. The summed E-state index contributed by atoms with van der Waals surface area (Å²) in [4.78, 5) is 35.4. The minimum atomic E-state index is -0.958. The topological polar surface area (TPSA) is 87.6 Å². The van der Waals surface area contributed by atoms with E-state index in [9.17, 15) is 14.0 Å². The maximum atomic E-state index is 13.3. The van der Waals surface area contributed by atoms with E-state index in [0.29, 0.717) is 52.7 Å². The lowest BCUT2D eigenvalue weighted by atomic mass is 9.87. The molecule has 1 aliphatic rings. The lowest BCUT2D eigenvalue weighted by Gasteiger charge is -2.16. The molecule has 200 valence electrons. The molecule has 5 rings (SSSR count). The molecule has 1 aliphatic carbocycles. The van der Waals surface area contributed by atoms with Crippen molar-refractivity contribution in [1.82, 2.24) is 9.97 Å². The van der Waals surface area contributed by atoms with Crippen LogP contribution in [0.5, 0.6) is 23.1 Å². The van der Waals surface area contributed by atoms with Crippen LogP contribution in [0.4, 0.5) is 4.39 Å². The summed E-state index contributed by atoms with van der Waals surface area (Å²) >= 11 is 0. The van der Waals surface area contributed by atoms with Gasteiger partial charge in [-0.1, -0.05) is 12.1 Å². The maximum Gasteiger partial charge on any atom is 0.222 e. The first kappa shape index (κ1) is 26.3. The summed E-state index contributed by atoms with van der Waals surface area (Å²) in [5, 5.41) is 0.739. The molecule has 0 saturated heterocycles. The number of fused-ring (bicyclic) bond motifs is 1. The molecule has 39 heavy (non-hydrogen) atoms. The maximum absolute atomic E-state index is 13.3. The predicted octanol–water partition coefficient (Wildman–Crippen LogP) is 5.90. The molecule has 1 fully saturated rings. The highest BCUT2D eigenvalue weighted by Crippen LogP contribution is 2.49. The SMILES string of the molecule is COc1cc2nccc(Oc3nc(C)c(CC(=O)C4(C(=O)Cc5ccc(F)cc5)CC4)cc3C)c2cc1OC. The largest absolute Gasteiger partial charge is 0.493 e. The van der Waals surface area contributed by atoms with Crippen LogP contribution in [0.15, 0.2) is 54.7 Å². The summed E-state index contributed by atoms with van der Waals surface area (Å²) < 4.78 is 30.3. The van der Waals surface area contributed by atoms with Crippen molar-refractivity contribution in [2.75, 3.05) is 14.2 Å². The van der Waals surface area contributed by atoms with Crippen LogP contribution in [-0.4, -0.2) is 35.8 Å². The van der Waals surface area contributed by atoms with Gasteiger partial charge in [0.15, 0.2) is 23.1 Å². The molecule has 0 N–H and O–H groups in total. The molecule has 8 heteroatoms. The zero-order chi connectivity index (χ0) is 27.7. The summed E-state index contributed by atoms with van der Waals surface area (Å²) in [6, 6.07) is 13.1. The van der Waals surface area contributed by atoms with E-state index in [1.807, 2.05) is 26.0 Å².